The molecule has 230 valence electrons. The van der Waals surface area contributed by atoms with Gasteiger partial charge in [-0.2, -0.15) is 5.10 Å². The smallest absolute Gasteiger partial charge is 0.137 e. The molecule has 0 amide bonds. The zero-order valence-electron chi connectivity index (χ0n) is 26.9. The van der Waals surface area contributed by atoms with E-state index in [0.29, 0.717) is 5.92 Å². The van der Waals surface area contributed by atoms with E-state index in [4.69, 9.17) is 14.8 Å². The number of pyridine rings is 1. The molecule has 0 aliphatic rings. The van der Waals surface area contributed by atoms with Crippen molar-refractivity contribution < 1.29 is 4.74 Å². The molecule has 7 aromatic rings. The molecule has 7 rings (SSSR count). The van der Waals surface area contributed by atoms with Crippen LogP contribution in [0.15, 0.2) is 113 Å². The molecule has 0 saturated heterocycles. The lowest BCUT2D eigenvalue weighted by molar-refractivity contribution is 0.483. The summed E-state index contributed by atoms with van der Waals surface area (Å²) in [6, 6.07) is 29.5. The largest absolute Gasteiger partial charge is 0.457 e. The molecule has 0 aliphatic carbocycles. The Morgan fingerprint density at radius 3 is 2.24 bits per heavy atom. The predicted molar refractivity (Wildman–Crippen MR) is 195 cm³/mol. The summed E-state index contributed by atoms with van der Waals surface area (Å²) >= 11 is 3.58. The first-order chi connectivity index (χ1) is 22.4. The molecule has 0 N–H and O–H groups in total. The minimum atomic E-state index is 0.410. The van der Waals surface area contributed by atoms with Crippen molar-refractivity contribution in [3.05, 3.63) is 120 Å². The summed E-state index contributed by atoms with van der Waals surface area (Å²) in [7, 11) is 0. The Labute approximate surface area is 278 Å². The normalized spacial score (nSPS) is 11.6. The molecule has 46 heavy (non-hydrogen) atoms. The molecule has 0 atom stereocenters. The Morgan fingerprint density at radius 1 is 0.739 bits per heavy atom. The van der Waals surface area contributed by atoms with Crippen LogP contribution in [0.25, 0.3) is 44.4 Å². The van der Waals surface area contributed by atoms with E-state index in [0.717, 1.165) is 45.0 Å². The maximum absolute atomic E-state index is 6.51. The molecule has 4 aromatic carbocycles. The van der Waals surface area contributed by atoms with Crippen molar-refractivity contribution in [1.82, 2.24) is 19.3 Å². The van der Waals surface area contributed by atoms with E-state index in [9.17, 15) is 0 Å². The highest BCUT2D eigenvalue weighted by molar-refractivity contribution is 7.99. The lowest BCUT2D eigenvalue weighted by Gasteiger charge is -2.16. The van der Waals surface area contributed by atoms with E-state index in [1.165, 1.54) is 37.4 Å². The average Bonchev–Trinajstić information content (AvgIpc) is 3.68. The number of para-hydroxylation sites is 1. The second kappa shape index (κ2) is 12.4. The van der Waals surface area contributed by atoms with Crippen LogP contribution >= 0.6 is 23.5 Å². The van der Waals surface area contributed by atoms with Crippen LogP contribution < -0.4 is 4.74 Å². The third kappa shape index (κ3) is 5.37. The van der Waals surface area contributed by atoms with Gasteiger partial charge in [0.25, 0.3) is 0 Å². The van der Waals surface area contributed by atoms with Gasteiger partial charge in [-0.15, -0.1) is 23.5 Å². The number of hydrogen-bond donors (Lipinski definition) is 0. The first kappa shape index (κ1) is 30.2. The summed E-state index contributed by atoms with van der Waals surface area (Å²) in [5, 5.41) is 7.14. The van der Waals surface area contributed by atoms with Gasteiger partial charge in [0.1, 0.15) is 17.3 Å². The quantitative estimate of drug-likeness (QED) is 0.155. The van der Waals surface area contributed by atoms with Crippen LogP contribution in [0.4, 0.5) is 0 Å². The Balaban J connectivity index is 1.26. The van der Waals surface area contributed by atoms with Crippen LogP contribution in [-0.4, -0.2) is 31.8 Å². The topological polar surface area (TPSA) is 44.9 Å². The summed E-state index contributed by atoms with van der Waals surface area (Å²) in [6.45, 7) is 8.80. The van der Waals surface area contributed by atoms with Crippen LogP contribution in [0, 0.1) is 13.8 Å². The van der Waals surface area contributed by atoms with E-state index < -0.39 is 0 Å². The summed E-state index contributed by atoms with van der Waals surface area (Å²) < 4.78 is 10.7. The number of ether oxygens (including phenoxy) is 1. The van der Waals surface area contributed by atoms with Gasteiger partial charge in [0.05, 0.1) is 22.9 Å². The van der Waals surface area contributed by atoms with E-state index in [2.05, 4.69) is 112 Å². The number of hydrogen-bond acceptors (Lipinski definition) is 5. The first-order valence-corrected chi connectivity index (χ1v) is 17.9. The lowest BCUT2D eigenvalue weighted by Crippen LogP contribution is -1.99. The van der Waals surface area contributed by atoms with Crippen LogP contribution in [0.3, 0.4) is 0 Å². The molecule has 3 heterocycles. The van der Waals surface area contributed by atoms with Crippen molar-refractivity contribution in [2.45, 2.75) is 43.4 Å². The van der Waals surface area contributed by atoms with E-state index in [1.807, 2.05) is 41.3 Å². The number of thioether (sulfide) groups is 2. The minimum Gasteiger partial charge on any atom is -0.457 e. The van der Waals surface area contributed by atoms with Gasteiger partial charge in [-0.25, -0.2) is 9.67 Å². The fourth-order valence-corrected chi connectivity index (χ4v) is 8.01. The molecular formula is C39H36N4OS2. The van der Waals surface area contributed by atoms with Crippen molar-refractivity contribution in [1.29, 1.82) is 0 Å². The molecule has 0 bridgehead atoms. The number of fused-ring (bicyclic) bond motifs is 3. The highest BCUT2D eigenvalue weighted by Crippen LogP contribution is 2.42. The van der Waals surface area contributed by atoms with Crippen molar-refractivity contribution in [3.63, 3.8) is 0 Å². The Bertz CT molecular complexity index is 2200. The molecule has 0 aliphatic heterocycles. The highest BCUT2D eigenvalue weighted by atomic mass is 32.2. The van der Waals surface area contributed by atoms with Crippen molar-refractivity contribution in [3.8, 4) is 34.1 Å². The van der Waals surface area contributed by atoms with Crippen LogP contribution in [0.1, 0.15) is 36.5 Å². The number of aryl methyl sites for hydroxylation is 2. The van der Waals surface area contributed by atoms with Crippen LogP contribution in [0.5, 0.6) is 11.5 Å². The monoisotopic (exact) mass is 640 g/mol. The first-order valence-electron chi connectivity index (χ1n) is 15.4. The fourth-order valence-electron chi connectivity index (χ4n) is 6.34. The number of rotatable bonds is 8. The molecular weight excluding hydrogens is 605 g/mol. The standard InChI is InChI=1S/C39H36N4OS2/c1-24(2)27-16-17-40-36(19-27)43-34-13-8-7-12-32(34)33-15-14-31(21-35(33)43)44-30-11-9-10-29(20-30)42-23-28(22-41-42)37-38(45-5)25(3)18-26(4)39(37)46-6/h7-24H,1-6H3. The van der Waals surface area contributed by atoms with Gasteiger partial charge in [-0.3, -0.25) is 4.57 Å². The van der Waals surface area contributed by atoms with E-state index in [1.54, 1.807) is 23.5 Å². The Morgan fingerprint density at radius 2 is 1.48 bits per heavy atom. The summed E-state index contributed by atoms with van der Waals surface area (Å²) in [4.78, 5) is 7.38. The summed E-state index contributed by atoms with van der Waals surface area (Å²) in [6.07, 6.45) is 10.3. The van der Waals surface area contributed by atoms with Crippen LogP contribution in [-0.2, 0) is 0 Å². The molecule has 5 nitrogen and oxygen atoms in total. The summed E-state index contributed by atoms with van der Waals surface area (Å²) in [5.41, 5.74) is 9.33. The van der Waals surface area contributed by atoms with Gasteiger partial charge < -0.3 is 4.74 Å². The van der Waals surface area contributed by atoms with Crippen LogP contribution in [0.2, 0.25) is 0 Å². The second-order valence-electron chi connectivity index (χ2n) is 11.9. The maximum atomic E-state index is 6.51. The Kier molecular flexibility index (Phi) is 8.13. The molecule has 3 aromatic heterocycles. The van der Waals surface area contributed by atoms with Gasteiger partial charge >= 0.3 is 0 Å². The van der Waals surface area contributed by atoms with Gasteiger partial charge in [-0.1, -0.05) is 44.2 Å². The highest BCUT2D eigenvalue weighted by Gasteiger charge is 2.18. The molecule has 0 unspecified atom stereocenters. The number of aromatic nitrogens is 4. The zero-order valence-corrected chi connectivity index (χ0v) is 28.5. The predicted octanol–water partition coefficient (Wildman–Crippen LogP) is 11.0. The van der Waals surface area contributed by atoms with Crippen molar-refractivity contribution >= 4 is 45.3 Å². The minimum absolute atomic E-state index is 0.410. The number of nitrogens with zero attached hydrogens (tertiary/aromatic N) is 4. The SMILES string of the molecule is CSc1c(C)cc(C)c(SC)c1-c1cnn(-c2cccc(Oc3ccc4c5ccccc5n(-c5cc(C(C)C)ccn5)c4c3)c2)c1. The van der Waals surface area contributed by atoms with Crippen molar-refractivity contribution in [2.24, 2.45) is 0 Å². The van der Waals surface area contributed by atoms with E-state index >= 15 is 0 Å². The maximum Gasteiger partial charge on any atom is 0.137 e. The molecule has 0 spiro atoms. The van der Waals surface area contributed by atoms with Gasteiger partial charge in [0.15, 0.2) is 0 Å². The molecule has 0 saturated carbocycles. The molecule has 0 radical (unpaired) electrons. The van der Waals surface area contributed by atoms with Gasteiger partial charge in [0, 0.05) is 56.2 Å². The van der Waals surface area contributed by atoms with Gasteiger partial charge in [-0.05, 0) is 91.4 Å². The third-order valence-corrected chi connectivity index (χ3v) is 10.4. The number of benzene rings is 4. The fraction of sp³-hybridized carbons (Fsp3) is 0.179. The third-order valence-electron chi connectivity index (χ3n) is 8.51. The van der Waals surface area contributed by atoms with Crippen molar-refractivity contribution in [2.75, 3.05) is 12.5 Å². The Hall–Kier alpha value is -4.46. The molecule has 0 fully saturated rings. The second-order valence-corrected chi connectivity index (χ2v) is 13.5. The molecule has 7 heteroatoms. The van der Waals surface area contributed by atoms with Gasteiger partial charge in [0.2, 0.25) is 0 Å². The lowest BCUT2D eigenvalue weighted by atomic mass is 10.0. The average molecular weight is 641 g/mol. The zero-order chi connectivity index (χ0) is 31.9. The van der Waals surface area contributed by atoms with E-state index in [-0.39, 0.29) is 0 Å². The summed E-state index contributed by atoms with van der Waals surface area (Å²) in [5.74, 6) is 2.83.